The number of nitrogens with zero attached hydrogens (tertiary/aromatic N) is 2. The second-order valence-electron chi connectivity index (χ2n) is 6.36. The lowest BCUT2D eigenvalue weighted by Crippen LogP contribution is -2.21. The maximum Gasteiger partial charge on any atom is 0.306 e. The van der Waals surface area contributed by atoms with E-state index < -0.39 is 5.91 Å². The van der Waals surface area contributed by atoms with Crippen molar-refractivity contribution in [3.63, 3.8) is 0 Å². The number of aryl methyl sites for hydroxylation is 1. The van der Waals surface area contributed by atoms with E-state index in [-0.39, 0.29) is 19.0 Å². The number of hydrogen-bond donors (Lipinski definition) is 2. The Kier molecular flexibility index (Phi) is 5.29. The monoisotopic (exact) mass is 394 g/mol. The number of carbonyl (C=O) groups excluding carboxylic acids is 2. The Hall–Kier alpha value is -3.26. The molecule has 2 heterocycles. The van der Waals surface area contributed by atoms with Crippen LogP contribution in [0, 0.1) is 0 Å². The van der Waals surface area contributed by atoms with Crippen LogP contribution in [0.1, 0.15) is 18.4 Å². The zero-order valence-electron chi connectivity index (χ0n) is 15.0. The standard InChI is InChI=1S/C20H18N4O3S/c25-18(22-16-8-4-9-17-20(16)24-28-23-17)12-27-19(26)10-3-5-13-11-21-15-7-2-1-6-14(13)15/h1-2,4,6-9,11,21H,3,5,10,12H2,(H,22,25). The minimum absolute atomic E-state index is 0.262. The average Bonchev–Trinajstić information content (AvgIpc) is 3.34. The minimum atomic E-state index is -0.398. The maximum absolute atomic E-state index is 12.1. The molecule has 142 valence electrons. The molecule has 1 amide bonds. The van der Waals surface area contributed by atoms with Gasteiger partial charge in [0.2, 0.25) is 0 Å². The first-order chi connectivity index (χ1) is 13.7. The van der Waals surface area contributed by atoms with Crippen molar-refractivity contribution in [1.29, 1.82) is 0 Å². The van der Waals surface area contributed by atoms with Crippen molar-refractivity contribution < 1.29 is 14.3 Å². The number of ether oxygens (including phenoxy) is 1. The number of rotatable bonds is 7. The van der Waals surface area contributed by atoms with Crippen LogP contribution in [-0.4, -0.2) is 32.2 Å². The molecule has 2 aromatic carbocycles. The van der Waals surface area contributed by atoms with Crippen molar-refractivity contribution in [2.75, 3.05) is 11.9 Å². The van der Waals surface area contributed by atoms with E-state index >= 15 is 0 Å². The van der Waals surface area contributed by atoms with Crippen molar-refractivity contribution >= 4 is 51.2 Å². The molecule has 0 spiro atoms. The van der Waals surface area contributed by atoms with Crippen molar-refractivity contribution in [3.05, 3.63) is 54.2 Å². The number of para-hydroxylation sites is 1. The number of benzene rings is 2. The summed E-state index contributed by atoms with van der Waals surface area (Å²) >= 11 is 1.08. The average molecular weight is 394 g/mol. The molecule has 4 aromatic rings. The van der Waals surface area contributed by atoms with Crippen LogP contribution >= 0.6 is 11.7 Å². The fourth-order valence-electron chi connectivity index (χ4n) is 3.07. The molecule has 28 heavy (non-hydrogen) atoms. The Morgan fingerprint density at radius 3 is 2.93 bits per heavy atom. The molecule has 0 bridgehead atoms. The molecule has 2 aromatic heterocycles. The third-order valence-electron chi connectivity index (χ3n) is 4.43. The molecular formula is C20H18N4O3S. The Bertz CT molecular complexity index is 1130. The van der Waals surface area contributed by atoms with Crippen LogP contribution in [0.3, 0.4) is 0 Å². The van der Waals surface area contributed by atoms with Crippen LogP contribution in [0.5, 0.6) is 0 Å². The highest BCUT2D eigenvalue weighted by Gasteiger charge is 2.11. The van der Waals surface area contributed by atoms with Gasteiger partial charge in [-0.15, -0.1) is 0 Å². The molecule has 0 fully saturated rings. The summed E-state index contributed by atoms with van der Waals surface area (Å²) < 4.78 is 13.4. The number of carbonyl (C=O) groups is 2. The maximum atomic E-state index is 12.1. The number of aromatic nitrogens is 3. The molecule has 7 nitrogen and oxygen atoms in total. The van der Waals surface area contributed by atoms with E-state index in [4.69, 9.17) is 4.74 Å². The smallest absolute Gasteiger partial charge is 0.306 e. The van der Waals surface area contributed by atoms with Crippen LogP contribution in [0.4, 0.5) is 5.69 Å². The quantitative estimate of drug-likeness (QED) is 0.466. The number of esters is 1. The number of hydrogen-bond acceptors (Lipinski definition) is 6. The summed E-state index contributed by atoms with van der Waals surface area (Å²) in [4.78, 5) is 27.2. The van der Waals surface area contributed by atoms with Crippen molar-refractivity contribution in [1.82, 2.24) is 13.7 Å². The van der Waals surface area contributed by atoms with Crippen LogP contribution in [-0.2, 0) is 20.7 Å². The van der Waals surface area contributed by atoms with Gasteiger partial charge >= 0.3 is 5.97 Å². The van der Waals surface area contributed by atoms with Crippen molar-refractivity contribution in [2.24, 2.45) is 0 Å². The van der Waals surface area contributed by atoms with Gasteiger partial charge in [-0.25, -0.2) is 0 Å². The van der Waals surface area contributed by atoms with Gasteiger partial charge in [0, 0.05) is 23.5 Å². The van der Waals surface area contributed by atoms with Crippen LogP contribution in [0.25, 0.3) is 21.9 Å². The van der Waals surface area contributed by atoms with E-state index in [2.05, 4.69) is 25.1 Å². The second-order valence-corrected chi connectivity index (χ2v) is 6.89. The molecular weight excluding hydrogens is 376 g/mol. The topological polar surface area (TPSA) is 97.0 Å². The van der Waals surface area contributed by atoms with E-state index in [0.717, 1.165) is 29.2 Å². The van der Waals surface area contributed by atoms with Gasteiger partial charge in [0.05, 0.1) is 17.4 Å². The van der Waals surface area contributed by atoms with Crippen LogP contribution in [0.2, 0.25) is 0 Å². The van der Waals surface area contributed by atoms with Crippen LogP contribution in [0.15, 0.2) is 48.7 Å². The Balaban J connectivity index is 1.23. The largest absolute Gasteiger partial charge is 0.456 e. The lowest BCUT2D eigenvalue weighted by molar-refractivity contribution is -0.147. The second kappa shape index (κ2) is 8.18. The van der Waals surface area contributed by atoms with Gasteiger partial charge in [-0.1, -0.05) is 24.3 Å². The highest BCUT2D eigenvalue weighted by Crippen LogP contribution is 2.21. The Labute approximate surface area is 165 Å². The van der Waals surface area contributed by atoms with Gasteiger partial charge in [0.15, 0.2) is 6.61 Å². The Morgan fingerprint density at radius 2 is 2.00 bits per heavy atom. The van der Waals surface area contributed by atoms with E-state index in [1.54, 1.807) is 12.1 Å². The van der Waals surface area contributed by atoms with Gasteiger partial charge in [-0.3, -0.25) is 9.59 Å². The SMILES string of the molecule is O=C(COC(=O)CCCc1c[nH]c2ccccc12)Nc1cccc2nsnc12. The molecule has 0 saturated carbocycles. The first-order valence-corrected chi connectivity index (χ1v) is 9.65. The third-order valence-corrected chi connectivity index (χ3v) is 4.97. The van der Waals surface area contributed by atoms with Gasteiger partial charge in [0.25, 0.3) is 5.91 Å². The minimum Gasteiger partial charge on any atom is -0.456 e. The summed E-state index contributed by atoms with van der Waals surface area (Å²) in [5.74, 6) is -0.783. The zero-order chi connectivity index (χ0) is 19.3. The van der Waals surface area contributed by atoms with Gasteiger partial charge < -0.3 is 15.0 Å². The van der Waals surface area contributed by atoms with E-state index in [1.807, 2.05) is 30.5 Å². The van der Waals surface area contributed by atoms with Crippen molar-refractivity contribution in [2.45, 2.75) is 19.3 Å². The number of nitrogens with one attached hydrogen (secondary N) is 2. The number of H-pyrrole nitrogens is 1. The van der Waals surface area contributed by atoms with Gasteiger partial charge in [0.1, 0.15) is 11.0 Å². The summed E-state index contributed by atoms with van der Waals surface area (Å²) in [5, 5.41) is 3.88. The van der Waals surface area contributed by atoms with E-state index in [9.17, 15) is 9.59 Å². The van der Waals surface area contributed by atoms with Gasteiger partial charge in [-0.2, -0.15) is 8.75 Å². The molecule has 0 aliphatic heterocycles. The fraction of sp³-hybridized carbons (Fsp3) is 0.200. The summed E-state index contributed by atoms with van der Waals surface area (Å²) in [5.41, 5.74) is 4.17. The molecule has 2 N–H and O–H groups in total. The van der Waals surface area contributed by atoms with Crippen molar-refractivity contribution in [3.8, 4) is 0 Å². The number of aromatic amines is 1. The highest BCUT2D eigenvalue weighted by molar-refractivity contribution is 7.00. The fourth-order valence-corrected chi connectivity index (χ4v) is 3.62. The Morgan fingerprint density at radius 1 is 1.11 bits per heavy atom. The summed E-state index contributed by atoms with van der Waals surface area (Å²) in [6.45, 7) is -0.320. The highest BCUT2D eigenvalue weighted by atomic mass is 32.1. The number of amides is 1. The number of anilines is 1. The normalized spacial score (nSPS) is 11.0. The molecule has 0 aliphatic carbocycles. The lowest BCUT2D eigenvalue weighted by atomic mass is 10.1. The first kappa shape index (κ1) is 18.1. The molecule has 0 aliphatic rings. The number of fused-ring (bicyclic) bond motifs is 2. The van der Waals surface area contributed by atoms with E-state index in [1.165, 1.54) is 10.9 Å². The predicted molar refractivity (Wildman–Crippen MR) is 108 cm³/mol. The van der Waals surface area contributed by atoms with Crippen LogP contribution < -0.4 is 5.32 Å². The lowest BCUT2D eigenvalue weighted by Gasteiger charge is -2.07. The molecule has 8 heteroatoms. The first-order valence-electron chi connectivity index (χ1n) is 8.92. The molecule has 0 atom stereocenters. The third kappa shape index (κ3) is 4.01. The summed E-state index contributed by atoms with van der Waals surface area (Å²) in [7, 11) is 0. The zero-order valence-corrected chi connectivity index (χ0v) is 15.8. The molecule has 0 unspecified atom stereocenters. The summed E-state index contributed by atoms with van der Waals surface area (Å²) in [6.07, 6.45) is 3.66. The molecule has 0 radical (unpaired) electrons. The van der Waals surface area contributed by atoms with Gasteiger partial charge in [-0.05, 0) is 36.6 Å². The molecule has 0 saturated heterocycles. The van der Waals surface area contributed by atoms with E-state index in [0.29, 0.717) is 17.6 Å². The molecule has 4 rings (SSSR count). The predicted octanol–water partition coefficient (Wildman–Crippen LogP) is 3.68. The summed E-state index contributed by atoms with van der Waals surface area (Å²) in [6, 6.07) is 13.4.